The summed E-state index contributed by atoms with van der Waals surface area (Å²) < 4.78 is 37.1. The molecule has 6 heteroatoms. The largest absolute Gasteiger partial charge is 0.522 e. The first-order chi connectivity index (χ1) is 4.56. The molecule has 0 aromatic rings. The maximum atomic E-state index is 11.2. The molecule has 0 amide bonds. The van der Waals surface area contributed by atoms with Crippen molar-refractivity contribution in [1.82, 2.24) is 4.84 Å². The molecular formula is C4H7ClF3NO. The Morgan fingerprint density at radius 1 is 1.40 bits per heavy atom. The van der Waals surface area contributed by atoms with E-state index in [1.54, 1.807) is 0 Å². The van der Waals surface area contributed by atoms with E-state index < -0.39 is 6.36 Å². The van der Waals surface area contributed by atoms with Crippen LogP contribution in [-0.2, 0) is 4.74 Å². The number of ether oxygens (including phenoxy) is 1. The Morgan fingerprint density at radius 2 is 2.00 bits per heavy atom. The van der Waals surface area contributed by atoms with E-state index in [9.17, 15) is 13.2 Å². The maximum Gasteiger partial charge on any atom is 0.522 e. The summed E-state index contributed by atoms with van der Waals surface area (Å²) in [7, 11) is 0. The Kier molecular flexibility index (Phi) is 4.76. The molecule has 0 aliphatic carbocycles. The summed E-state index contributed by atoms with van der Waals surface area (Å²) in [6.45, 7) is -0.0547. The Labute approximate surface area is 61.4 Å². The summed E-state index contributed by atoms with van der Waals surface area (Å²) in [5, 5.41) is 0. The van der Waals surface area contributed by atoms with E-state index in [1.165, 1.54) is 0 Å². The van der Waals surface area contributed by atoms with Crippen LogP contribution in [0.15, 0.2) is 0 Å². The minimum absolute atomic E-state index is 0.239. The third-order valence-corrected chi connectivity index (χ3v) is 0.870. The fourth-order valence-electron chi connectivity index (χ4n) is 0.327. The van der Waals surface area contributed by atoms with Crippen LogP contribution in [0.2, 0.25) is 0 Å². The second kappa shape index (κ2) is 4.76. The van der Waals surface area contributed by atoms with Crippen LogP contribution in [0, 0.1) is 0 Å². The summed E-state index contributed by atoms with van der Waals surface area (Å²) in [4.78, 5) is 2.18. The Bertz CT molecular complexity index is 87.1. The standard InChI is InChI=1S/C4H7ClF3NO/c5-9-2-1-3-10-4(6,7)8/h9H,1-3H2. The first-order valence-electron chi connectivity index (χ1n) is 2.60. The highest BCUT2D eigenvalue weighted by Gasteiger charge is 2.28. The lowest BCUT2D eigenvalue weighted by molar-refractivity contribution is -0.324. The second-order valence-electron chi connectivity index (χ2n) is 1.53. The molecule has 0 aromatic carbocycles. The van der Waals surface area contributed by atoms with Gasteiger partial charge in [-0.3, -0.25) is 4.74 Å². The van der Waals surface area contributed by atoms with Gasteiger partial charge < -0.3 is 0 Å². The molecule has 0 atom stereocenters. The predicted molar refractivity (Wildman–Crippen MR) is 30.5 cm³/mol. The van der Waals surface area contributed by atoms with E-state index in [2.05, 4.69) is 9.57 Å². The van der Waals surface area contributed by atoms with Gasteiger partial charge in [0.05, 0.1) is 6.61 Å². The van der Waals surface area contributed by atoms with Crippen LogP contribution in [0.5, 0.6) is 0 Å². The molecule has 0 radical (unpaired) electrons. The monoisotopic (exact) mass is 177 g/mol. The summed E-state index contributed by atoms with van der Waals surface area (Å²) in [5.74, 6) is 0. The molecule has 0 aromatic heterocycles. The van der Waals surface area contributed by atoms with Crippen molar-refractivity contribution in [2.75, 3.05) is 13.2 Å². The van der Waals surface area contributed by atoms with Gasteiger partial charge in [-0.1, -0.05) is 0 Å². The Morgan fingerprint density at radius 3 is 2.40 bits per heavy atom. The van der Waals surface area contributed by atoms with Crippen LogP contribution in [-0.4, -0.2) is 19.5 Å². The van der Waals surface area contributed by atoms with Crippen molar-refractivity contribution in [3.8, 4) is 0 Å². The van der Waals surface area contributed by atoms with Gasteiger partial charge in [0.25, 0.3) is 0 Å². The van der Waals surface area contributed by atoms with Crippen LogP contribution in [0.4, 0.5) is 13.2 Å². The number of hydrogen-bond donors (Lipinski definition) is 1. The van der Waals surface area contributed by atoms with E-state index in [1.807, 2.05) is 0 Å². The first kappa shape index (κ1) is 10.0. The number of alkyl halides is 3. The van der Waals surface area contributed by atoms with Crippen molar-refractivity contribution in [3.63, 3.8) is 0 Å². The van der Waals surface area contributed by atoms with Gasteiger partial charge in [0.1, 0.15) is 0 Å². The van der Waals surface area contributed by atoms with Gasteiger partial charge in [-0.05, 0) is 18.2 Å². The lowest BCUT2D eigenvalue weighted by Gasteiger charge is -2.05. The highest BCUT2D eigenvalue weighted by atomic mass is 35.5. The van der Waals surface area contributed by atoms with Gasteiger partial charge in [0, 0.05) is 6.54 Å². The normalized spacial score (nSPS) is 12.0. The van der Waals surface area contributed by atoms with Crippen LogP contribution in [0.3, 0.4) is 0 Å². The van der Waals surface area contributed by atoms with Gasteiger partial charge in [-0.2, -0.15) is 0 Å². The van der Waals surface area contributed by atoms with Crippen molar-refractivity contribution >= 4 is 11.8 Å². The highest BCUT2D eigenvalue weighted by Crippen LogP contribution is 2.15. The number of hydrogen-bond acceptors (Lipinski definition) is 2. The molecule has 0 spiro atoms. The summed E-state index contributed by atoms with van der Waals surface area (Å²) in [6, 6.07) is 0. The lowest BCUT2D eigenvalue weighted by Crippen LogP contribution is -2.16. The molecule has 62 valence electrons. The van der Waals surface area contributed by atoms with Crippen molar-refractivity contribution in [3.05, 3.63) is 0 Å². The topological polar surface area (TPSA) is 21.3 Å². The van der Waals surface area contributed by atoms with E-state index >= 15 is 0 Å². The van der Waals surface area contributed by atoms with Crippen LogP contribution in [0.1, 0.15) is 6.42 Å². The smallest absolute Gasteiger partial charge is 0.292 e. The fourth-order valence-corrected chi connectivity index (χ4v) is 0.461. The van der Waals surface area contributed by atoms with Crippen LogP contribution >= 0.6 is 11.8 Å². The Balaban J connectivity index is 3.04. The molecule has 0 aliphatic heterocycles. The number of nitrogens with one attached hydrogen (secondary N) is 1. The van der Waals surface area contributed by atoms with Crippen molar-refractivity contribution < 1.29 is 17.9 Å². The van der Waals surface area contributed by atoms with Gasteiger partial charge in [0.15, 0.2) is 0 Å². The quantitative estimate of drug-likeness (QED) is 0.521. The van der Waals surface area contributed by atoms with Gasteiger partial charge in [-0.15, -0.1) is 13.2 Å². The van der Waals surface area contributed by atoms with E-state index in [4.69, 9.17) is 11.8 Å². The molecular weight excluding hydrogens is 170 g/mol. The molecule has 0 saturated carbocycles. The zero-order chi connectivity index (χ0) is 8.04. The highest BCUT2D eigenvalue weighted by molar-refractivity contribution is 6.13. The molecule has 2 nitrogen and oxygen atoms in total. The van der Waals surface area contributed by atoms with Gasteiger partial charge in [-0.25, -0.2) is 4.84 Å². The number of rotatable bonds is 4. The molecule has 0 aliphatic rings. The molecule has 10 heavy (non-hydrogen) atoms. The average molecular weight is 178 g/mol. The fraction of sp³-hybridized carbons (Fsp3) is 1.00. The van der Waals surface area contributed by atoms with Gasteiger partial charge in [0.2, 0.25) is 0 Å². The van der Waals surface area contributed by atoms with Crippen LogP contribution < -0.4 is 4.84 Å². The second-order valence-corrected chi connectivity index (χ2v) is 1.80. The number of halogens is 4. The van der Waals surface area contributed by atoms with Crippen molar-refractivity contribution in [1.29, 1.82) is 0 Å². The molecule has 0 fully saturated rings. The zero-order valence-electron chi connectivity index (χ0n) is 5.04. The molecule has 0 saturated heterocycles. The minimum atomic E-state index is -4.52. The average Bonchev–Trinajstić information content (AvgIpc) is 1.78. The van der Waals surface area contributed by atoms with E-state index in [0.717, 1.165) is 0 Å². The lowest BCUT2D eigenvalue weighted by atomic mass is 10.5. The molecule has 0 bridgehead atoms. The molecule has 0 unspecified atom stereocenters. The maximum absolute atomic E-state index is 11.2. The third-order valence-electron chi connectivity index (χ3n) is 0.681. The van der Waals surface area contributed by atoms with E-state index in [-0.39, 0.29) is 13.0 Å². The minimum Gasteiger partial charge on any atom is -0.292 e. The molecule has 0 heterocycles. The summed E-state index contributed by atoms with van der Waals surface area (Å²) in [5.41, 5.74) is 0. The van der Waals surface area contributed by atoms with Crippen LogP contribution in [0.25, 0.3) is 0 Å². The summed E-state index contributed by atoms with van der Waals surface area (Å²) in [6.07, 6.45) is -4.28. The van der Waals surface area contributed by atoms with E-state index in [0.29, 0.717) is 6.54 Å². The van der Waals surface area contributed by atoms with Crippen molar-refractivity contribution in [2.45, 2.75) is 12.8 Å². The predicted octanol–water partition coefficient (Wildman–Crippen LogP) is 1.66. The zero-order valence-corrected chi connectivity index (χ0v) is 5.80. The molecule has 1 N–H and O–H groups in total. The van der Waals surface area contributed by atoms with Crippen molar-refractivity contribution in [2.24, 2.45) is 0 Å². The SMILES string of the molecule is FC(F)(F)OCCCNCl. The third kappa shape index (κ3) is 8.00. The summed E-state index contributed by atoms with van der Waals surface area (Å²) >= 11 is 4.96. The first-order valence-corrected chi connectivity index (χ1v) is 2.98. The molecule has 0 rings (SSSR count). The van der Waals surface area contributed by atoms with Gasteiger partial charge >= 0.3 is 6.36 Å². The Hall–Kier alpha value is 0.